The topological polar surface area (TPSA) is 26.8 Å². The Labute approximate surface area is 185 Å². The smallest absolute Gasteiger partial charge is 0.228 e. The number of nitrogens with zero attached hydrogens (tertiary/aromatic N) is 3. The Kier molecular flexibility index (Phi) is 7.47. The highest BCUT2D eigenvalue weighted by Gasteiger charge is 2.27. The highest BCUT2D eigenvalue weighted by atomic mass is 32.2. The van der Waals surface area contributed by atoms with Crippen LogP contribution >= 0.6 is 11.8 Å². The van der Waals surface area contributed by atoms with Gasteiger partial charge >= 0.3 is 0 Å². The van der Waals surface area contributed by atoms with Gasteiger partial charge in [-0.15, -0.1) is 11.8 Å². The van der Waals surface area contributed by atoms with Crippen LogP contribution < -0.4 is 4.90 Å². The summed E-state index contributed by atoms with van der Waals surface area (Å²) in [4.78, 5) is 21.5. The number of thioether (sulfide) groups is 1. The van der Waals surface area contributed by atoms with Crippen LogP contribution in [0.2, 0.25) is 0 Å². The summed E-state index contributed by atoms with van der Waals surface area (Å²) in [7, 11) is 0. The number of fused-ring (bicyclic) bond motifs is 1. The van der Waals surface area contributed by atoms with E-state index in [2.05, 4.69) is 70.2 Å². The Morgan fingerprint density at radius 2 is 1.60 bits per heavy atom. The van der Waals surface area contributed by atoms with E-state index in [0.29, 0.717) is 6.42 Å². The second-order valence-corrected chi connectivity index (χ2v) is 9.52. The van der Waals surface area contributed by atoms with E-state index >= 15 is 0 Å². The van der Waals surface area contributed by atoms with Crippen LogP contribution in [0.25, 0.3) is 0 Å². The summed E-state index contributed by atoms with van der Waals surface area (Å²) in [6, 6.07) is 19.4. The molecular weight excluding hydrogens is 390 g/mol. The van der Waals surface area contributed by atoms with E-state index in [0.717, 1.165) is 63.6 Å². The van der Waals surface area contributed by atoms with Gasteiger partial charge in [-0.05, 0) is 37.5 Å². The zero-order chi connectivity index (χ0) is 20.8. The number of anilines is 1. The fraction of sp³-hybridized carbons (Fsp3) is 0.480. The summed E-state index contributed by atoms with van der Waals surface area (Å²) >= 11 is 1.87. The van der Waals surface area contributed by atoms with Crippen LogP contribution in [0.4, 0.5) is 5.69 Å². The average Bonchev–Trinajstić information content (AvgIpc) is 2.95. The summed E-state index contributed by atoms with van der Waals surface area (Å²) < 4.78 is 0. The predicted molar refractivity (Wildman–Crippen MR) is 126 cm³/mol. The minimum atomic E-state index is 0.267. The maximum atomic E-state index is 13.2. The molecule has 1 saturated heterocycles. The number of piperazine rings is 1. The molecule has 1 amide bonds. The molecule has 2 aromatic carbocycles. The first-order valence-electron chi connectivity index (χ1n) is 11.2. The molecule has 1 fully saturated rings. The first kappa shape index (κ1) is 21.4. The molecule has 2 aliphatic rings. The molecule has 0 bridgehead atoms. The van der Waals surface area contributed by atoms with Gasteiger partial charge in [0, 0.05) is 62.4 Å². The molecule has 0 aromatic heterocycles. The number of hydrogen-bond acceptors (Lipinski definition) is 4. The van der Waals surface area contributed by atoms with E-state index in [9.17, 15) is 4.79 Å². The standard InChI is InChI=1S/C25H33N3OS/c1-21-13-20-30-24-10-6-5-9-23(24)28(21)25(29)12-15-27-18-16-26(17-19-27)14-11-22-7-3-2-4-8-22/h2-10,21H,11-20H2,1H3. The number of rotatable bonds is 6. The third kappa shape index (κ3) is 5.45. The van der Waals surface area contributed by atoms with Crippen LogP contribution in [0.1, 0.15) is 25.3 Å². The molecule has 1 unspecified atom stereocenters. The lowest BCUT2D eigenvalue weighted by molar-refractivity contribution is -0.119. The molecule has 2 aromatic rings. The molecular formula is C25H33N3OS. The van der Waals surface area contributed by atoms with Gasteiger partial charge in [-0.3, -0.25) is 4.79 Å². The Morgan fingerprint density at radius 1 is 0.933 bits per heavy atom. The van der Waals surface area contributed by atoms with Crippen molar-refractivity contribution in [2.24, 2.45) is 0 Å². The molecule has 0 spiro atoms. The van der Waals surface area contributed by atoms with E-state index in [4.69, 9.17) is 0 Å². The Bertz CT molecular complexity index is 820. The van der Waals surface area contributed by atoms with Crippen molar-refractivity contribution in [1.29, 1.82) is 0 Å². The summed E-state index contributed by atoms with van der Waals surface area (Å²) in [5.41, 5.74) is 2.51. The van der Waals surface area contributed by atoms with Crippen LogP contribution in [0.5, 0.6) is 0 Å². The van der Waals surface area contributed by atoms with Gasteiger partial charge in [0.05, 0.1) is 5.69 Å². The van der Waals surface area contributed by atoms with Crippen LogP contribution in [0.15, 0.2) is 59.5 Å². The fourth-order valence-electron chi connectivity index (χ4n) is 4.41. The predicted octanol–water partition coefficient (Wildman–Crippen LogP) is 4.15. The molecule has 30 heavy (non-hydrogen) atoms. The van der Waals surface area contributed by atoms with Gasteiger partial charge in [-0.2, -0.15) is 0 Å². The van der Waals surface area contributed by atoms with Gasteiger partial charge in [0.1, 0.15) is 0 Å². The van der Waals surface area contributed by atoms with Crippen LogP contribution in [-0.4, -0.2) is 66.8 Å². The third-order valence-electron chi connectivity index (χ3n) is 6.29. The van der Waals surface area contributed by atoms with E-state index in [1.165, 1.54) is 10.5 Å². The molecule has 0 radical (unpaired) electrons. The minimum absolute atomic E-state index is 0.267. The second kappa shape index (κ2) is 10.5. The highest BCUT2D eigenvalue weighted by molar-refractivity contribution is 7.99. The molecule has 1 atom stereocenters. The van der Waals surface area contributed by atoms with Crippen LogP contribution in [0.3, 0.4) is 0 Å². The molecule has 4 nitrogen and oxygen atoms in total. The summed E-state index contributed by atoms with van der Waals surface area (Å²) in [5, 5.41) is 0. The molecule has 0 saturated carbocycles. The van der Waals surface area contributed by atoms with Gasteiger partial charge in [0.2, 0.25) is 5.91 Å². The molecule has 160 valence electrons. The van der Waals surface area contributed by atoms with Gasteiger partial charge in [-0.1, -0.05) is 42.5 Å². The van der Waals surface area contributed by atoms with Crippen molar-refractivity contribution in [2.75, 3.05) is 49.9 Å². The lowest BCUT2D eigenvalue weighted by atomic mass is 10.1. The SMILES string of the molecule is CC1CCSc2ccccc2N1C(=O)CCN1CCN(CCc2ccccc2)CC1. The second-order valence-electron chi connectivity index (χ2n) is 8.39. The van der Waals surface area contributed by atoms with Crippen molar-refractivity contribution < 1.29 is 4.79 Å². The molecule has 0 N–H and O–H groups in total. The van der Waals surface area contributed by atoms with Crippen molar-refractivity contribution in [2.45, 2.75) is 37.1 Å². The Balaban J connectivity index is 1.25. The van der Waals surface area contributed by atoms with Crippen LogP contribution in [0, 0.1) is 0 Å². The average molecular weight is 424 g/mol. The van der Waals surface area contributed by atoms with Crippen LogP contribution in [-0.2, 0) is 11.2 Å². The molecule has 4 rings (SSSR count). The first-order valence-corrected chi connectivity index (χ1v) is 12.2. The number of carbonyl (C=O) groups is 1. The zero-order valence-corrected chi connectivity index (χ0v) is 18.8. The quantitative estimate of drug-likeness (QED) is 0.697. The largest absolute Gasteiger partial charge is 0.308 e. The summed E-state index contributed by atoms with van der Waals surface area (Å²) in [6.45, 7) is 8.49. The van der Waals surface area contributed by atoms with Crippen molar-refractivity contribution in [3.63, 3.8) is 0 Å². The zero-order valence-electron chi connectivity index (χ0n) is 18.0. The lowest BCUT2D eigenvalue weighted by Crippen LogP contribution is -2.48. The number of carbonyl (C=O) groups excluding carboxylic acids is 1. The van der Waals surface area contributed by atoms with Gasteiger partial charge in [-0.25, -0.2) is 0 Å². The first-order chi connectivity index (χ1) is 14.7. The van der Waals surface area contributed by atoms with Gasteiger partial charge in [0.15, 0.2) is 0 Å². The maximum Gasteiger partial charge on any atom is 0.228 e. The summed E-state index contributed by atoms with van der Waals surface area (Å²) in [5.74, 6) is 1.34. The molecule has 5 heteroatoms. The van der Waals surface area contributed by atoms with Gasteiger partial charge < -0.3 is 14.7 Å². The Hall–Kier alpha value is -1.82. The van der Waals surface area contributed by atoms with Crippen molar-refractivity contribution >= 4 is 23.4 Å². The van der Waals surface area contributed by atoms with E-state index in [1.54, 1.807) is 0 Å². The van der Waals surface area contributed by atoms with Gasteiger partial charge in [0.25, 0.3) is 0 Å². The molecule has 2 aliphatic heterocycles. The highest BCUT2D eigenvalue weighted by Crippen LogP contribution is 2.36. The minimum Gasteiger partial charge on any atom is -0.308 e. The van der Waals surface area contributed by atoms with Crippen molar-refractivity contribution in [3.8, 4) is 0 Å². The maximum absolute atomic E-state index is 13.2. The van der Waals surface area contributed by atoms with E-state index in [1.807, 2.05) is 17.8 Å². The van der Waals surface area contributed by atoms with Crippen molar-refractivity contribution in [1.82, 2.24) is 9.80 Å². The van der Waals surface area contributed by atoms with E-state index in [-0.39, 0.29) is 11.9 Å². The third-order valence-corrected chi connectivity index (χ3v) is 7.39. The fourth-order valence-corrected chi connectivity index (χ4v) is 5.57. The number of para-hydroxylation sites is 1. The molecule has 0 aliphatic carbocycles. The lowest BCUT2D eigenvalue weighted by Gasteiger charge is -2.35. The monoisotopic (exact) mass is 423 g/mol. The van der Waals surface area contributed by atoms with Crippen molar-refractivity contribution in [3.05, 3.63) is 60.2 Å². The Morgan fingerprint density at radius 3 is 2.37 bits per heavy atom. The normalized spacial score (nSPS) is 20.6. The molecule has 2 heterocycles. The summed E-state index contributed by atoms with van der Waals surface area (Å²) in [6.07, 6.45) is 2.77. The number of benzene rings is 2. The number of amides is 1. The number of hydrogen-bond donors (Lipinski definition) is 0. The van der Waals surface area contributed by atoms with E-state index < -0.39 is 0 Å².